The molecule has 1 aromatic heterocycles. The Bertz CT molecular complexity index is 1020. The lowest BCUT2D eigenvalue weighted by Gasteiger charge is -2.23. The van der Waals surface area contributed by atoms with E-state index < -0.39 is 0 Å². The van der Waals surface area contributed by atoms with Gasteiger partial charge in [-0.3, -0.25) is 9.69 Å². The minimum Gasteiger partial charge on any atom is -0.492 e. The molecule has 0 N–H and O–H groups in total. The molecule has 0 spiro atoms. The first-order valence-electron chi connectivity index (χ1n) is 10.5. The van der Waals surface area contributed by atoms with Crippen LogP contribution in [0, 0.1) is 5.82 Å². The van der Waals surface area contributed by atoms with Gasteiger partial charge in [-0.2, -0.15) is 0 Å². The number of hydrogen-bond donors (Lipinski definition) is 0. The zero-order chi connectivity index (χ0) is 21.6. The molecule has 1 atom stereocenters. The van der Waals surface area contributed by atoms with E-state index in [0.717, 1.165) is 40.3 Å². The second kappa shape index (κ2) is 10.4. The van der Waals surface area contributed by atoms with Gasteiger partial charge in [0, 0.05) is 23.7 Å². The number of fused-ring (bicyclic) bond motifs is 1. The van der Waals surface area contributed by atoms with Crippen LogP contribution in [0.5, 0.6) is 5.75 Å². The maximum absolute atomic E-state index is 13.2. The Morgan fingerprint density at radius 3 is 2.90 bits per heavy atom. The van der Waals surface area contributed by atoms with Crippen molar-refractivity contribution >= 4 is 44.4 Å². The second-order valence-corrected chi connectivity index (χ2v) is 9.40. The summed E-state index contributed by atoms with van der Waals surface area (Å²) in [4.78, 5) is 20.7. The molecule has 0 aliphatic carbocycles. The van der Waals surface area contributed by atoms with E-state index in [9.17, 15) is 9.18 Å². The van der Waals surface area contributed by atoms with E-state index in [2.05, 4.69) is 0 Å². The van der Waals surface area contributed by atoms with Crippen molar-refractivity contribution in [2.75, 3.05) is 30.4 Å². The van der Waals surface area contributed by atoms with Crippen LogP contribution < -0.4 is 9.64 Å². The number of rotatable bonds is 9. The minimum absolute atomic E-state index is 0.0159. The average Bonchev–Trinajstić information content (AvgIpc) is 3.43. The molecule has 31 heavy (non-hydrogen) atoms. The summed E-state index contributed by atoms with van der Waals surface area (Å²) in [7, 11) is 0. The highest BCUT2D eigenvalue weighted by molar-refractivity contribution is 7.99. The van der Waals surface area contributed by atoms with Gasteiger partial charge in [0.1, 0.15) is 17.1 Å². The number of carbonyl (C=O) groups is 1. The Kier molecular flexibility index (Phi) is 7.42. The average molecular weight is 461 g/mol. The highest BCUT2D eigenvalue weighted by Crippen LogP contribution is 2.35. The topological polar surface area (TPSA) is 51.7 Å². The first-order chi connectivity index (χ1) is 15.1. The molecule has 3 aromatic rings. The predicted molar refractivity (Wildman–Crippen MR) is 124 cm³/mol. The van der Waals surface area contributed by atoms with Crippen LogP contribution in [-0.4, -0.2) is 42.5 Å². The van der Waals surface area contributed by atoms with Crippen molar-refractivity contribution in [3.63, 3.8) is 0 Å². The van der Waals surface area contributed by atoms with Crippen molar-refractivity contribution in [1.29, 1.82) is 0 Å². The quantitative estimate of drug-likeness (QED) is 0.393. The van der Waals surface area contributed by atoms with Crippen LogP contribution in [0.1, 0.15) is 26.2 Å². The fourth-order valence-electron chi connectivity index (χ4n) is 3.50. The van der Waals surface area contributed by atoms with Crippen molar-refractivity contribution in [3.8, 4) is 5.75 Å². The Morgan fingerprint density at radius 1 is 1.32 bits per heavy atom. The zero-order valence-corrected chi connectivity index (χ0v) is 19.0. The van der Waals surface area contributed by atoms with Crippen LogP contribution >= 0.6 is 23.1 Å². The Labute approximate surface area is 189 Å². The monoisotopic (exact) mass is 460 g/mol. The molecule has 0 saturated carbocycles. The molecular formula is C23H25FN2O3S2. The molecule has 1 fully saturated rings. The third-order valence-corrected chi connectivity index (χ3v) is 7.07. The molecule has 1 unspecified atom stereocenters. The third-order valence-electron chi connectivity index (χ3n) is 5.01. The number of anilines is 1. The number of ether oxygens (including phenoxy) is 2. The Balaban J connectivity index is 1.50. The number of amides is 1. The summed E-state index contributed by atoms with van der Waals surface area (Å²) in [5, 5.41) is 0.675. The van der Waals surface area contributed by atoms with Crippen molar-refractivity contribution in [3.05, 3.63) is 48.3 Å². The van der Waals surface area contributed by atoms with Crippen molar-refractivity contribution < 1.29 is 18.7 Å². The number of hydrogen-bond acceptors (Lipinski definition) is 6. The van der Waals surface area contributed by atoms with Crippen LogP contribution in [0.25, 0.3) is 10.2 Å². The number of para-hydroxylation sites is 1. The van der Waals surface area contributed by atoms with Gasteiger partial charge in [0.05, 0.1) is 24.0 Å². The fourth-order valence-corrected chi connectivity index (χ4v) is 5.35. The van der Waals surface area contributed by atoms with Gasteiger partial charge in [-0.05, 0) is 56.2 Å². The molecule has 0 radical (unpaired) electrons. The van der Waals surface area contributed by atoms with E-state index >= 15 is 0 Å². The number of nitrogens with zero attached hydrogens (tertiary/aromatic N) is 2. The maximum atomic E-state index is 13.2. The lowest BCUT2D eigenvalue weighted by atomic mass is 10.2. The lowest BCUT2D eigenvalue weighted by Crippen LogP contribution is -2.37. The predicted octanol–water partition coefficient (Wildman–Crippen LogP) is 5.53. The summed E-state index contributed by atoms with van der Waals surface area (Å²) in [5.41, 5.74) is 0.787. The molecule has 8 heteroatoms. The van der Waals surface area contributed by atoms with E-state index in [1.807, 2.05) is 25.1 Å². The van der Waals surface area contributed by atoms with Gasteiger partial charge >= 0.3 is 0 Å². The van der Waals surface area contributed by atoms with E-state index in [-0.39, 0.29) is 17.8 Å². The molecule has 1 aliphatic heterocycles. The Hall–Kier alpha value is -2.16. The van der Waals surface area contributed by atoms with Gasteiger partial charge in [0.25, 0.3) is 0 Å². The normalized spacial score (nSPS) is 16.0. The number of halogens is 1. The van der Waals surface area contributed by atoms with Crippen LogP contribution in [-0.2, 0) is 9.53 Å². The SMILES string of the molecule is CCOc1cccc2sc(N(CC3CCCO3)C(=O)CCSc3ccc(F)cc3)nc12. The first kappa shape index (κ1) is 22.0. The number of thiazole rings is 1. The highest BCUT2D eigenvalue weighted by atomic mass is 32.2. The van der Waals surface area contributed by atoms with Crippen molar-refractivity contribution in [2.24, 2.45) is 0 Å². The number of carbonyl (C=O) groups excluding carboxylic acids is 1. The van der Waals surface area contributed by atoms with E-state index in [1.54, 1.807) is 28.8 Å². The van der Waals surface area contributed by atoms with Crippen LogP contribution in [0.2, 0.25) is 0 Å². The van der Waals surface area contributed by atoms with Gasteiger partial charge in [-0.1, -0.05) is 17.4 Å². The molecule has 2 heterocycles. The largest absolute Gasteiger partial charge is 0.492 e. The van der Waals surface area contributed by atoms with Crippen molar-refractivity contribution in [1.82, 2.24) is 4.98 Å². The summed E-state index contributed by atoms with van der Waals surface area (Å²) in [5.74, 6) is 1.10. The van der Waals surface area contributed by atoms with Crippen molar-refractivity contribution in [2.45, 2.75) is 37.2 Å². The van der Waals surface area contributed by atoms with E-state index in [4.69, 9.17) is 14.5 Å². The lowest BCUT2D eigenvalue weighted by molar-refractivity contribution is -0.118. The smallest absolute Gasteiger partial charge is 0.229 e. The highest BCUT2D eigenvalue weighted by Gasteiger charge is 2.26. The van der Waals surface area contributed by atoms with E-state index in [1.165, 1.54) is 23.5 Å². The molecule has 1 aliphatic rings. The molecule has 1 saturated heterocycles. The first-order valence-corrected chi connectivity index (χ1v) is 12.3. The molecule has 164 valence electrons. The zero-order valence-electron chi connectivity index (χ0n) is 17.4. The van der Waals surface area contributed by atoms with Gasteiger partial charge < -0.3 is 9.47 Å². The molecular weight excluding hydrogens is 435 g/mol. The molecule has 2 aromatic carbocycles. The number of aromatic nitrogens is 1. The number of thioether (sulfide) groups is 1. The summed E-state index contributed by atoms with van der Waals surface area (Å²) in [6, 6.07) is 12.2. The summed E-state index contributed by atoms with van der Waals surface area (Å²) >= 11 is 3.04. The van der Waals surface area contributed by atoms with Gasteiger partial charge in [-0.25, -0.2) is 9.37 Å². The van der Waals surface area contributed by atoms with E-state index in [0.29, 0.717) is 30.5 Å². The summed E-state index contributed by atoms with van der Waals surface area (Å²) in [6.45, 7) is 3.74. The standard InChI is InChI=1S/C23H25FN2O3S2/c1-2-28-19-6-3-7-20-22(19)25-23(31-20)26(15-17-5-4-13-29-17)21(27)12-14-30-18-10-8-16(24)9-11-18/h3,6-11,17H,2,4-5,12-15H2,1H3. The summed E-state index contributed by atoms with van der Waals surface area (Å²) < 4.78 is 25.6. The second-order valence-electron chi connectivity index (χ2n) is 7.22. The van der Waals surface area contributed by atoms with Crippen LogP contribution in [0.4, 0.5) is 9.52 Å². The van der Waals surface area contributed by atoms with Gasteiger partial charge in [-0.15, -0.1) is 11.8 Å². The molecule has 0 bridgehead atoms. The fraction of sp³-hybridized carbons (Fsp3) is 0.391. The molecule has 1 amide bonds. The molecule has 5 nitrogen and oxygen atoms in total. The Morgan fingerprint density at radius 2 is 2.16 bits per heavy atom. The maximum Gasteiger partial charge on any atom is 0.229 e. The molecule has 4 rings (SSSR count). The van der Waals surface area contributed by atoms with Gasteiger partial charge in [0.15, 0.2) is 5.13 Å². The minimum atomic E-state index is -0.259. The third kappa shape index (κ3) is 5.56. The van der Waals surface area contributed by atoms with Crippen LogP contribution in [0.3, 0.4) is 0 Å². The van der Waals surface area contributed by atoms with Gasteiger partial charge in [0.2, 0.25) is 5.91 Å². The summed E-state index contributed by atoms with van der Waals surface area (Å²) in [6.07, 6.45) is 2.36. The van der Waals surface area contributed by atoms with Crippen LogP contribution in [0.15, 0.2) is 47.4 Å². The number of benzene rings is 2.